The Morgan fingerprint density at radius 3 is 2.50 bits per heavy atom. The second kappa shape index (κ2) is 8.99. The predicted octanol–water partition coefficient (Wildman–Crippen LogP) is 3.26. The van der Waals surface area contributed by atoms with Crippen LogP contribution in [0.25, 0.3) is 6.08 Å². The van der Waals surface area contributed by atoms with E-state index < -0.39 is 0 Å². The van der Waals surface area contributed by atoms with Crippen molar-refractivity contribution in [2.75, 3.05) is 0 Å². The molecule has 0 atom stereocenters. The number of hydrogen-bond acceptors (Lipinski definition) is 4. The molecule has 0 saturated carbocycles. The zero-order chi connectivity index (χ0) is 19.1. The maximum Gasteiger partial charge on any atom is 0.273 e. The molecule has 1 aromatic carbocycles. The summed E-state index contributed by atoms with van der Waals surface area (Å²) in [6.45, 7) is 7.78. The first kappa shape index (κ1) is 19.4. The van der Waals surface area contributed by atoms with Gasteiger partial charge in [-0.05, 0) is 39.3 Å². The van der Waals surface area contributed by atoms with Crippen LogP contribution in [-0.4, -0.2) is 33.8 Å². The van der Waals surface area contributed by atoms with Crippen LogP contribution in [0.5, 0.6) is 0 Å². The number of nitrogens with one attached hydrogen (secondary N) is 1. The molecule has 0 saturated heterocycles. The minimum Gasteiger partial charge on any atom is -0.446 e. The molecule has 26 heavy (non-hydrogen) atoms. The Hall–Kier alpha value is -2.89. The van der Waals surface area contributed by atoms with Gasteiger partial charge >= 0.3 is 0 Å². The van der Waals surface area contributed by atoms with Gasteiger partial charge in [0, 0.05) is 18.2 Å². The molecular formula is C20H25N3O3. The van der Waals surface area contributed by atoms with Crippen LogP contribution in [-0.2, 0) is 11.3 Å². The molecular weight excluding hydrogens is 330 g/mol. The monoisotopic (exact) mass is 355 g/mol. The molecule has 0 spiro atoms. The summed E-state index contributed by atoms with van der Waals surface area (Å²) in [5, 5.41) is 2.76. The Balaban J connectivity index is 2.06. The largest absolute Gasteiger partial charge is 0.446 e. The molecule has 0 radical (unpaired) electrons. The Kier molecular flexibility index (Phi) is 6.72. The summed E-state index contributed by atoms with van der Waals surface area (Å²) in [4.78, 5) is 30.3. The van der Waals surface area contributed by atoms with Crippen molar-refractivity contribution in [3.8, 4) is 0 Å². The van der Waals surface area contributed by atoms with Crippen LogP contribution in [0.1, 0.15) is 49.6 Å². The zero-order valence-electron chi connectivity index (χ0n) is 15.6. The van der Waals surface area contributed by atoms with E-state index in [-0.39, 0.29) is 36.1 Å². The summed E-state index contributed by atoms with van der Waals surface area (Å²) in [7, 11) is 0. The molecule has 0 unspecified atom stereocenters. The van der Waals surface area contributed by atoms with E-state index in [1.54, 1.807) is 11.0 Å². The van der Waals surface area contributed by atoms with E-state index in [2.05, 4.69) is 10.3 Å². The lowest BCUT2D eigenvalue weighted by molar-refractivity contribution is -0.128. The molecule has 1 N–H and O–H groups in total. The third kappa shape index (κ3) is 5.58. The van der Waals surface area contributed by atoms with Crippen molar-refractivity contribution in [2.45, 2.75) is 46.3 Å². The number of aromatic nitrogens is 1. The second-order valence-electron chi connectivity index (χ2n) is 6.56. The Morgan fingerprint density at radius 2 is 1.88 bits per heavy atom. The molecule has 1 aromatic heterocycles. The first-order valence-corrected chi connectivity index (χ1v) is 8.65. The Morgan fingerprint density at radius 1 is 1.19 bits per heavy atom. The van der Waals surface area contributed by atoms with E-state index in [1.165, 1.54) is 12.3 Å². The molecule has 138 valence electrons. The molecule has 0 aliphatic heterocycles. The van der Waals surface area contributed by atoms with Gasteiger partial charge in [-0.25, -0.2) is 4.98 Å². The summed E-state index contributed by atoms with van der Waals surface area (Å²) < 4.78 is 5.37. The fraction of sp³-hybridized carbons (Fsp3) is 0.350. The van der Waals surface area contributed by atoms with Crippen LogP contribution in [0.2, 0.25) is 0 Å². The van der Waals surface area contributed by atoms with Gasteiger partial charge in [-0.1, -0.05) is 30.3 Å². The van der Waals surface area contributed by atoms with Crippen LogP contribution in [0.4, 0.5) is 0 Å². The summed E-state index contributed by atoms with van der Waals surface area (Å²) >= 11 is 0. The highest BCUT2D eigenvalue weighted by Crippen LogP contribution is 2.11. The van der Waals surface area contributed by atoms with Crippen molar-refractivity contribution in [1.82, 2.24) is 15.2 Å². The molecule has 0 bridgehead atoms. The molecule has 2 amide bonds. The lowest BCUT2D eigenvalue weighted by Crippen LogP contribution is -2.35. The van der Waals surface area contributed by atoms with Crippen LogP contribution in [0.3, 0.4) is 0 Å². The lowest BCUT2D eigenvalue weighted by Gasteiger charge is -2.23. The number of amides is 2. The maximum atomic E-state index is 12.5. The molecule has 2 rings (SSSR count). The highest BCUT2D eigenvalue weighted by atomic mass is 16.3. The summed E-state index contributed by atoms with van der Waals surface area (Å²) in [6.07, 6.45) is 4.62. The van der Waals surface area contributed by atoms with Gasteiger partial charge in [-0.2, -0.15) is 0 Å². The normalized spacial score (nSPS) is 11.3. The van der Waals surface area contributed by atoms with Gasteiger partial charge in [0.1, 0.15) is 6.26 Å². The van der Waals surface area contributed by atoms with E-state index in [1.807, 2.05) is 58.0 Å². The van der Waals surface area contributed by atoms with E-state index in [4.69, 9.17) is 4.42 Å². The van der Waals surface area contributed by atoms with E-state index in [9.17, 15) is 9.59 Å². The molecule has 6 nitrogen and oxygen atoms in total. The van der Waals surface area contributed by atoms with Crippen molar-refractivity contribution in [1.29, 1.82) is 0 Å². The highest BCUT2D eigenvalue weighted by Gasteiger charge is 2.19. The topological polar surface area (TPSA) is 75.4 Å². The fourth-order valence-corrected chi connectivity index (χ4v) is 2.31. The Labute approximate surface area is 153 Å². The quantitative estimate of drug-likeness (QED) is 0.774. The number of hydrogen-bond donors (Lipinski definition) is 1. The average Bonchev–Trinajstić information content (AvgIpc) is 3.06. The molecule has 0 fully saturated rings. The molecule has 0 aliphatic carbocycles. The van der Waals surface area contributed by atoms with Gasteiger partial charge in [0.15, 0.2) is 5.69 Å². The van der Waals surface area contributed by atoms with Crippen LogP contribution >= 0.6 is 0 Å². The highest BCUT2D eigenvalue weighted by molar-refractivity contribution is 5.92. The number of benzene rings is 1. The van der Waals surface area contributed by atoms with Gasteiger partial charge in [0.25, 0.3) is 5.91 Å². The van der Waals surface area contributed by atoms with Gasteiger partial charge in [-0.3, -0.25) is 9.59 Å². The standard InChI is InChI=1S/C20H25N3O3/c1-14(2)21-20(25)17-13-26-18(22-17)12-23(15(3)4)19(24)11-10-16-8-6-5-7-9-16/h5-11,13-15H,12H2,1-4H3,(H,21,25). The summed E-state index contributed by atoms with van der Waals surface area (Å²) in [5.74, 6) is -0.106. The zero-order valence-corrected chi connectivity index (χ0v) is 15.6. The minimum atomic E-state index is -0.290. The smallest absolute Gasteiger partial charge is 0.273 e. The maximum absolute atomic E-state index is 12.5. The first-order chi connectivity index (χ1) is 12.4. The van der Waals surface area contributed by atoms with Crippen LogP contribution in [0, 0.1) is 0 Å². The third-order valence-corrected chi connectivity index (χ3v) is 3.63. The second-order valence-corrected chi connectivity index (χ2v) is 6.56. The fourth-order valence-electron chi connectivity index (χ4n) is 2.31. The molecule has 2 aromatic rings. The molecule has 6 heteroatoms. The first-order valence-electron chi connectivity index (χ1n) is 8.65. The van der Waals surface area contributed by atoms with E-state index >= 15 is 0 Å². The average molecular weight is 355 g/mol. The number of carbonyl (C=O) groups is 2. The van der Waals surface area contributed by atoms with Gasteiger partial charge < -0.3 is 14.6 Å². The van der Waals surface area contributed by atoms with Crippen molar-refractivity contribution in [2.24, 2.45) is 0 Å². The predicted molar refractivity (Wildman–Crippen MR) is 100 cm³/mol. The van der Waals surface area contributed by atoms with Crippen LogP contribution in [0.15, 0.2) is 47.1 Å². The Bertz CT molecular complexity index is 764. The minimum absolute atomic E-state index is 0.0134. The third-order valence-electron chi connectivity index (χ3n) is 3.63. The SMILES string of the molecule is CC(C)NC(=O)c1coc(CN(C(=O)C=Cc2ccccc2)C(C)C)n1. The number of rotatable bonds is 7. The summed E-state index contributed by atoms with van der Waals surface area (Å²) in [6, 6.07) is 9.59. The van der Waals surface area contributed by atoms with Gasteiger partial charge in [-0.15, -0.1) is 0 Å². The van der Waals surface area contributed by atoms with E-state index in [0.29, 0.717) is 5.89 Å². The van der Waals surface area contributed by atoms with Crippen molar-refractivity contribution in [3.63, 3.8) is 0 Å². The number of oxazole rings is 1. The van der Waals surface area contributed by atoms with Crippen LogP contribution < -0.4 is 5.32 Å². The lowest BCUT2D eigenvalue weighted by atomic mass is 10.2. The van der Waals surface area contributed by atoms with E-state index in [0.717, 1.165) is 5.56 Å². The van der Waals surface area contributed by atoms with Crippen molar-refractivity contribution in [3.05, 3.63) is 59.8 Å². The van der Waals surface area contributed by atoms with Crippen molar-refractivity contribution >= 4 is 17.9 Å². The van der Waals surface area contributed by atoms with Gasteiger partial charge in [0.2, 0.25) is 11.8 Å². The number of carbonyl (C=O) groups excluding carboxylic acids is 2. The van der Waals surface area contributed by atoms with Crippen molar-refractivity contribution < 1.29 is 14.0 Å². The molecule has 1 heterocycles. The summed E-state index contributed by atoms with van der Waals surface area (Å²) in [5.41, 5.74) is 1.16. The van der Waals surface area contributed by atoms with Gasteiger partial charge in [0.05, 0.1) is 6.54 Å². The number of nitrogens with zero attached hydrogens (tertiary/aromatic N) is 2. The molecule has 0 aliphatic rings.